The summed E-state index contributed by atoms with van der Waals surface area (Å²) in [4.78, 5) is 25.0. The molecular formula is C21H25ClN4O5. The van der Waals surface area contributed by atoms with Crippen molar-refractivity contribution in [2.24, 2.45) is 0 Å². The molecule has 0 unspecified atom stereocenters. The van der Waals surface area contributed by atoms with Crippen LogP contribution in [-0.4, -0.2) is 66.3 Å². The highest BCUT2D eigenvalue weighted by Gasteiger charge is 2.33. The quantitative estimate of drug-likeness (QED) is 0.693. The lowest BCUT2D eigenvalue weighted by Gasteiger charge is -2.37. The summed E-state index contributed by atoms with van der Waals surface area (Å²) in [6, 6.07) is 8.35. The molecule has 9 nitrogen and oxygen atoms in total. The Labute approximate surface area is 185 Å². The molecule has 3 rings (SSSR count). The number of carbonyl (C=O) groups is 2. The van der Waals surface area contributed by atoms with Crippen LogP contribution in [0.2, 0.25) is 5.02 Å². The van der Waals surface area contributed by atoms with E-state index < -0.39 is 18.0 Å². The number of amides is 2. The fourth-order valence-corrected chi connectivity index (χ4v) is 3.31. The number of nitrogens with one attached hydrogen (secondary N) is 2. The minimum Gasteiger partial charge on any atom is -0.371 e. The molecule has 0 bridgehead atoms. The van der Waals surface area contributed by atoms with Crippen LogP contribution in [0.3, 0.4) is 0 Å². The minimum absolute atomic E-state index is 0.139. The third-order valence-electron chi connectivity index (χ3n) is 4.61. The van der Waals surface area contributed by atoms with Crippen molar-refractivity contribution in [2.45, 2.75) is 31.8 Å². The molecule has 1 saturated heterocycles. The van der Waals surface area contributed by atoms with E-state index in [0.717, 1.165) is 0 Å². The van der Waals surface area contributed by atoms with Gasteiger partial charge in [-0.15, -0.1) is 0 Å². The standard InChI is InChI=1S/C21H25ClN4O5/c1-21(2)30-10-9-29-17(12-24-20(28)15-5-3-4-6-16(15)22)18(31-21)13-23-19(27)14-7-8-25-26-11-14/h3-8,11,17-18H,9-10,12-13H2,1-2H3,(H,23,27)(H,24,28)/t17-,18+/m1/s1. The van der Waals surface area contributed by atoms with Crippen molar-refractivity contribution in [3.63, 3.8) is 0 Å². The predicted molar refractivity (Wildman–Crippen MR) is 113 cm³/mol. The zero-order valence-corrected chi connectivity index (χ0v) is 18.1. The molecule has 2 aromatic rings. The summed E-state index contributed by atoms with van der Waals surface area (Å²) in [6.07, 6.45) is 1.71. The summed E-state index contributed by atoms with van der Waals surface area (Å²) in [5.41, 5.74) is 0.746. The monoisotopic (exact) mass is 448 g/mol. The predicted octanol–water partition coefficient (Wildman–Crippen LogP) is 1.83. The maximum atomic E-state index is 12.5. The van der Waals surface area contributed by atoms with E-state index in [1.165, 1.54) is 12.4 Å². The van der Waals surface area contributed by atoms with Gasteiger partial charge in [-0.25, -0.2) is 0 Å². The van der Waals surface area contributed by atoms with Gasteiger partial charge in [0.05, 0.1) is 41.8 Å². The molecule has 0 spiro atoms. The first-order valence-corrected chi connectivity index (χ1v) is 10.2. The SMILES string of the molecule is CC1(C)OCCO[C@H](CNC(=O)c2ccccc2Cl)[C@H](CNC(=O)c2ccnnc2)O1. The Kier molecular flexibility index (Phi) is 7.91. The van der Waals surface area contributed by atoms with E-state index in [4.69, 9.17) is 25.8 Å². The smallest absolute Gasteiger partial charge is 0.253 e. The molecule has 0 aliphatic carbocycles. The van der Waals surface area contributed by atoms with Gasteiger partial charge in [0.2, 0.25) is 0 Å². The van der Waals surface area contributed by atoms with E-state index in [1.807, 2.05) is 0 Å². The molecule has 1 aliphatic heterocycles. The lowest BCUT2D eigenvalue weighted by Crippen LogP contribution is -2.52. The average molecular weight is 449 g/mol. The van der Waals surface area contributed by atoms with Crippen LogP contribution >= 0.6 is 11.6 Å². The van der Waals surface area contributed by atoms with Gasteiger partial charge in [-0.05, 0) is 32.0 Å². The van der Waals surface area contributed by atoms with Crippen LogP contribution in [-0.2, 0) is 14.2 Å². The zero-order valence-electron chi connectivity index (χ0n) is 17.3. The Morgan fingerprint density at radius 1 is 1.06 bits per heavy atom. The van der Waals surface area contributed by atoms with Gasteiger partial charge in [0.25, 0.3) is 11.8 Å². The second-order valence-electron chi connectivity index (χ2n) is 7.34. The van der Waals surface area contributed by atoms with E-state index in [1.54, 1.807) is 44.2 Å². The van der Waals surface area contributed by atoms with E-state index in [9.17, 15) is 9.59 Å². The van der Waals surface area contributed by atoms with Crippen molar-refractivity contribution in [2.75, 3.05) is 26.3 Å². The van der Waals surface area contributed by atoms with Gasteiger partial charge in [-0.1, -0.05) is 23.7 Å². The molecule has 2 amide bonds. The first-order chi connectivity index (χ1) is 14.9. The van der Waals surface area contributed by atoms with Crippen LogP contribution in [0.4, 0.5) is 0 Å². The third kappa shape index (κ3) is 6.70. The highest BCUT2D eigenvalue weighted by Crippen LogP contribution is 2.20. The number of halogens is 1. The minimum atomic E-state index is -0.887. The molecule has 1 aromatic heterocycles. The van der Waals surface area contributed by atoms with Gasteiger partial charge in [-0.2, -0.15) is 10.2 Å². The first-order valence-electron chi connectivity index (χ1n) is 9.87. The van der Waals surface area contributed by atoms with Crippen LogP contribution in [0.5, 0.6) is 0 Å². The Morgan fingerprint density at radius 2 is 1.81 bits per heavy atom. The molecule has 2 N–H and O–H groups in total. The molecule has 1 aromatic carbocycles. The Morgan fingerprint density at radius 3 is 2.55 bits per heavy atom. The highest BCUT2D eigenvalue weighted by atomic mass is 35.5. The lowest BCUT2D eigenvalue weighted by atomic mass is 10.1. The number of nitrogens with zero attached hydrogens (tertiary/aromatic N) is 2. The Bertz CT molecular complexity index is 896. The number of aromatic nitrogens is 2. The van der Waals surface area contributed by atoms with Crippen molar-refractivity contribution in [3.8, 4) is 0 Å². The third-order valence-corrected chi connectivity index (χ3v) is 4.94. The van der Waals surface area contributed by atoms with Crippen LogP contribution < -0.4 is 10.6 Å². The maximum Gasteiger partial charge on any atom is 0.253 e. The summed E-state index contributed by atoms with van der Waals surface area (Å²) in [5, 5.41) is 13.4. The topological polar surface area (TPSA) is 112 Å². The summed E-state index contributed by atoms with van der Waals surface area (Å²) in [5.74, 6) is -1.53. The van der Waals surface area contributed by atoms with E-state index in [0.29, 0.717) is 29.4 Å². The average Bonchev–Trinajstić information content (AvgIpc) is 2.75. The van der Waals surface area contributed by atoms with Crippen LogP contribution in [0, 0.1) is 0 Å². The molecule has 2 atom stereocenters. The number of carbonyl (C=O) groups excluding carboxylic acids is 2. The molecule has 2 heterocycles. The normalized spacial score (nSPS) is 20.9. The van der Waals surface area contributed by atoms with E-state index in [2.05, 4.69) is 20.8 Å². The summed E-state index contributed by atoms with van der Waals surface area (Å²) in [7, 11) is 0. The van der Waals surface area contributed by atoms with E-state index in [-0.39, 0.29) is 24.9 Å². The van der Waals surface area contributed by atoms with Crippen molar-refractivity contribution in [1.29, 1.82) is 0 Å². The van der Waals surface area contributed by atoms with Crippen LogP contribution in [0.1, 0.15) is 34.6 Å². The second-order valence-corrected chi connectivity index (χ2v) is 7.75. The lowest BCUT2D eigenvalue weighted by molar-refractivity contribution is -0.277. The van der Waals surface area contributed by atoms with Gasteiger partial charge in [0, 0.05) is 13.1 Å². The van der Waals surface area contributed by atoms with Crippen molar-refractivity contribution >= 4 is 23.4 Å². The molecular weight excluding hydrogens is 424 g/mol. The number of hydrogen-bond acceptors (Lipinski definition) is 7. The Balaban J connectivity index is 1.67. The van der Waals surface area contributed by atoms with Crippen LogP contribution in [0.15, 0.2) is 42.7 Å². The van der Waals surface area contributed by atoms with Crippen molar-refractivity contribution in [3.05, 3.63) is 58.9 Å². The molecule has 0 radical (unpaired) electrons. The van der Waals surface area contributed by atoms with Crippen molar-refractivity contribution in [1.82, 2.24) is 20.8 Å². The number of ether oxygens (including phenoxy) is 3. The van der Waals surface area contributed by atoms with E-state index >= 15 is 0 Å². The van der Waals surface area contributed by atoms with Gasteiger partial charge in [0.15, 0.2) is 5.79 Å². The highest BCUT2D eigenvalue weighted by molar-refractivity contribution is 6.33. The molecule has 10 heteroatoms. The van der Waals surface area contributed by atoms with Gasteiger partial charge in [-0.3, -0.25) is 9.59 Å². The fraction of sp³-hybridized carbons (Fsp3) is 0.429. The second kappa shape index (κ2) is 10.6. The summed E-state index contributed by atoms with van der Waals surface area (Å²) < 4.78 is 17.6. The zero-order chi connectivity index (χ0) is 22.3. The number of rotatable bonds is 6. The molecule has 166 valence electrons. The fourth-order valence-electron chi connectivity index (χ4n) is 3.09. The molecule has 0 saturated carbocycles. The molecule has 31 heavy (non-hydrogen) atoms. The summed E-state index contributed by atoms with van der Waals surface area (Å²) in [6.45, 7) is 4.54. The number of hydrogen-bond donors (Lipinski definition) is 2. The number of benzene rings is 1. The summed E-state index contributed by atoms with van der Waals surface area (Å²) >= 11 is 6.11. The van der Waals surface area contributed by atoms with Crippen molar-refractivity contribution < 1.29 is 23.8 Å². The maximum absolute atomic E-state index is 12.5. The van der Waals surface area contributed by atoms with Gasteiger partial charge in [0.1, 0.15) is 12.2 Å². The Hall–Kier alpha value is -2.59. The largest absolute Gasteiger partial charge is 0.371 e. The molecule has 1 fully saturated rings. The van der Waals surface area contributed by atoms with Gasteiger partial charge >= 0.3 is 0 Å². The van der Waals surface area contributed by atoms with Gasteiger partial charge < -0.3 is 24.8 Å². The van der Waals surface area contributed by atoms with Crippen LogP contribution in [0.25, 0.3) is 0 Å². The first kappa shape index (κ1) is 23.1. The molecule has 1 aliphatic rings.